The fourth-order valence-corrected chi connectivity index (χ4v) is 1.94. The van der Waals surface area contributed by atoms with E-state index in [2.05, 4.69) is 4.90 Å². The number of alkyl halides is 1. The third-order valence-corrected chi connectivity index (χ3v) is 2.82. The number of rotatable bonds is 3. The van der Waals surface area contributed by atoms with Crippen LogP contribution in [0.3, 0.4) is 0 Å². The summed E-state index contributed by atoms with van der Waals surface area (Å²) < 4.78 is 0. The first-order chi connectivity index (χ1) is 5.93. The van der Waals surface area contributed by atoms with Crippen molar-refractivity contribution in [3.63, 3.8) is 0 Å². The molecule has 0 bridgehead atoms. The molecule has 0 atom stereocenters. The Morgan fingerprint density at radius 3 is 2.08 bits per heavy atom. The van der Waals surface area contributed by atoms with Crippen LogP contribution in [-0.4, -0.2) is 30.4 Å². The van der Waals surface area contributed by atoms with Crippen molar-refractivity contribution in [2.75, 3.05) is 25.5 Å². The van der Waals surface area contributed by atoms with Crippen molar-refractivity contribution < 1.29 is 0 Å². The van der Waals surface area contributed by atoms with Crippen LogP contribution in [0.15, 0.2) is 0 Å². The molecule has 72 valence electrons. The molecule has 0 amide bonds. The van der Waals surface area contributed by atoms with Gasteiger partial charge in [0.25, 0.3) is 0 Å². The van der Waals surface area contributed by atoms with Gasteiger partial charge in [0.2, 0.25) is 0 Å². The fraction of sp³-hybridized carbons (Fsp3) is 1.00. The zero-order valence-corrected chi connectivity index (χ0v) is 8.65. The molecule has 1 aliphatic heterocycles. The van der Waals surface area contributed by atoms with E-state index < -0.39 is 0 Å². The average molecular weight is 190 g/mol. The summed E-state index contributed by atoms with van der Waals surface area (Å²) in [7, 11) is 0. The second kappa shape index (κ2) is 6.73. The van der Waals surface area contributed by atoms with Crippen molar-refractivity contribution in [3.8, 4) is 0 Å². The molecule has 1 nitrogen and oxygen atoms in total. The summed E-state index contributed by atoms with van der Waals surface area (Å²) in [5.74, 6) is 0.816. The second-order valence-corrected chi connectivity index (χ2v) is 4.03. The third-order valence-electron chi connectivity index (χ3n) is 2.56. The smallest absolute Gasteiger partial charge is 0.0235 e. The molecule has 0 radical (unpaired) electrons. The van der Waals surface area contributed by atoms with Gasteiger partial charge in [-0.1, -0.05) is 19.3 Å². The molecule has 0 aromatic rings. The minimum absolute atomic E-state index is 0.816. The van der Waals surface area contributed by atoms with E-state index >= 15 is 0 Å². The molecule has 0 N–H and O–H groups in total. The van der Waals surface area contributed by atoms with Gasteiger partial charge in [-0.15, -0.1) is 11.6 Å². The Hall–Kier alpha value is 0.250. The average Bonchev–Trinajstić information content (AvgIpc) is 2.02. The number of hydrogen-bond acceptors (Lipinski definition) is 1. The van der Waals surface area contributed by atoms with Crippen LogP contribution in [0.5, 0.6) is 0 Å². The number of hydrogen-bond donors (Lipinski definition) is 0. The Morgan fingerprint density at radius 2 is 1.50 bits per heavy atom. The molecule has 2 heteroatoms. The molecular formula is C10H20ClN. The third kappa shape index (κ3) is 4.32. The molecule has 1 rings (SSSR count). The van der Waals surface area contributed by atoms with Crippen LogP contribution in [-0.2, 0) is 0 Å². The van der Waals surface area contributed by atoms with E-state index in [0.29, 0.717) is 0 Å². The predicted octanol–water partition coefficient (Wildman–Crippen LogP) is 2.88. The second-order valence-electron chi connectivity index (χ2n) is 3.65. The van der Waals surface area contributed by atoms with E-state index in [-0.39, 0.29) is 0 Å². The Labute approximate surface area is 81.1 Å². The summed E-state index contributed by atoms with van der Waals surface area (Å²) in [6, 6.07) is 0. The molecule has 0 aliphatic carbocycles. The monoisotopic (exact) mass is 189 g/mol. The van der Waals surface area contributed by atoms with Gasteiger partial charge in [0.15, 0.2) is 0 Å². The highest BCUT2D eigenvalue weighted by atomic mass is 35.5. The molecule has 1 fully saturated rings. The van der Waals surface area contributed by atoms with Crippen molar-refractivity contribution in [3.05, 3.63) is 0 Å². The van der Waals surface area contributed by atoms with E-state index in [1.807, 2.05) is 0 Å². The van der Waals surface area contributed by atoms with Crippen LogP contribution in [0.2, 0.25) is 0 Å². The van der Waals surface area contributed by atoms with E-state index in [1.54, 1.807) is 0 Å². The molecule has 12 heavy (non-hydrogen) atoms. The van der Waals surface area contributed by atoms with Crippen molar-refractivity contribution in [2.45, 2.75) is 38.5 Å². The molecular weight excluding hydrogens is 170 g/mol. The number of nitrogens with zero attached hydrogens (tertiary/aromatic N) is 1. The molecule has 1 saturated heterocycles. The van der Waals surface area contributed by atoms with E-state index in [0.717, 1.165) is 12.3 Å². The van der Waals surface area contributed by atoms with Crippen molar-refractivity contribution in [1.82, 2.24) is 4.90 Å². The molecule has 0 saturated carbocycles. The van der Waals surface area contributed by atoms with Gasteiger partial charge < -0.3 is 4.90 Å². The summed E-state index contributed by atoms with van der Waals surface area (Å²) in [5.41, 5.74) is 0. The van der Waals surface area contributed by atoms with Crippen molar-refractivity contribution in [2.24, 2.45) is 0 Å². The lowest BCUT2D eigenvalue weighted by atomic mass is 10.1. The molecule has 0 aromatic carbocycles. The van der Waals surface area contributed by atoms with Gasteiger partial charge in [-0.25, -0.2) is 0 Å². The fourth-order valence-electron chi connectivity index (χ4n) is 1.82. The van der Waals surface area contributed by atoms with Crippen LogP contribution in [0.4, 0.5) is 0 Å². The molecule has 0 unspecified atom stereocenters. The summed E-state index contributed by atoms with van der Waals surface area (Å²) in [5, 5.41) is 0. The SMILES string of the molecule is ClCCCN1CCCCCCC1. The van der Waals surface area contributed by atoms with Crippen LogP contribution in [0.1, 0.15) is 38.5 Å². The maximum absolute atomic E-state index is 5.67. The summed E-state index contributed by atoms with van der Waals surface area (Å²) >= 11 is 5.67. The van der Waals surface area contributed by atoms with Crippen LogP contribution < -0.4 is 0 Å². The largest absolute Gasteiger partial charge is 0.303 e. The molecule has 1 heterocycles. The molecule has 0 spiro atoms. The van der Waals surface area contributed by atoms with Crippen LogP contribution in [0.25, 0.3) is 0 Å². The van der Waals surface area contributed by atoms with Gasteiger partial charge >= 0.3 is 0 Å². The van der Waals surface area contributed by atoms with E-state index in [4.69, 9.17) is 11.6 Å². The highest BCUT2D eigenvalue weighted by Gasteiger charge is 2.06. The summed E-state index contributed by atoms with van der Waals surface area (Å²) in [4.78, 5) is 2.57. The lowest BCUT2D eigenvalue weighted by Gasteiger charge is -2.23. The zero-order valence-electron chi connectivity index (χ0n) is 7.90. The van der Waals surface area contributed by atoms with Crippen LogP contribution >= 0.6 is 11.6 Å². The number of halogens is 1. The first kappa shape index (κ1) is 10.3. The highest BCUT2D eigenvalue weighted by Crippen LogP contribution is 2.10. The van der Waals surface area contributed by atoms with Gasteiger partial charge in [0.1, 0.15) is 0 Å². The first-order valence-electron chi connectivity index (χ1n) is 5.22. The van der Waals surface area contributed by atoms with Crippen molar-refractivity contribution in [1.29, 1.82) is 0 Å². The summed E-state index contributed by atoms with van der Waals surface area (Å²) in [6.45, 7) is 3.82. The predicted molar refractivity (Wildman–Crippen MR) is 54.9 cm³/mol. The van der Waals surface area contributed by atoms with Crippen molar-refractivity contribution >= 4 is 11.6 Å². The maximum atomic E-state index is 5.67. The van der Waals surface area contributed by atoms with E-state index in [9.17, 15) is 0 Å². The zero-order chi connectivity index (χ0) is 8.65. The normalized spacial score (nSPS) is 21.8. The minimum Gasteiger partial charge on any atom is -0.303 e. The van der Waals surface area contributed by atoms with Gasteiger partial charge in [0.05, 0.1) is 0 Å². The quantitative estimate of drug-likeness (QED) is 0.618. The summed E-state index contributed by atoms with van der Waals surface area (Å²) in [6.07, 6.45) is 8.24. The topological polar surface area (TPSA) is 3.24 Å². The molecule has 0 aromatic heterocycles. The lowest BCUT2D eigenvalue weighted by Crippen LogP contribution is -2.28. The Morgan fingerprint density at radius 1 is 0.917 bits per heavy atom. The van der Waals surface area contributed by atoms with Gasteiger partial charge in [-0.05, 0) is 38.9 Å². The highest BCUT2D eigenvalue weighted by molar-refractivity contribution is 6.17. The first-order valence-corrected chi connectivity index (χ1v) is 5.75. The lowest BCUT2D eigenvalue weighted by molar-refractivity contribution is 0.248. The minimum atomic E-state index is 0.816. The van der Waals surface area contributed by atoms with Crippen LogP contribution in [0, 0.1) is 0 Å². The standard InChI is InChI=1S/C10H20ClN/c11-7-6-10-12-8-4-2-1-3-5-9-12/h1-10H2. The molecule has 1 aliphatic rings. The number of likely N-dealkylation sites (tertiary alicyclic amines) is 1. The Kier molecular flexibility index (Phi) is 5.80. The van der Waals surface area contributed by atoms with Gasteiger partial charge in [-0.3, -0.25) is 0 Å². The Bertz CT molecular complexity index is 95.3. The van der Waals surface area contributed by atoms with Gasteiger partial charge in [0, 0.05) is 5.88 Å². The maximum Gasteiger partial charge on any atom is 0.0235 e. The van der Waals surface area contributed by atoms with E-state index in [1.165, 1.54) is 51.7 Å². The van der Waals surface area contributed by atoms with Gasteiger partial charge in [-0.2, -0.15) is 0 Å². The Balaban J connectivity index is 2.11.